The Morgan fingerprint density at radius 3 is 2.37 bits per heavy atom. The van der Waals surface area contributed by atoms with Gasteiger partial charge in [0, 0.05) is 56.1 Å². The minimum Gasteiger partial charge on any atom is -0.440 e. The van der Waals surface area contributed by atoms with Gasteiger partial charge >= 0.3 is 0 Å². The third-order valence-corrected chi connectivity index (χ3v) is 6.54. The van der Waals surface area contributed by atoms with Crippen LogP contribution in [0, 0.1) is 5.82 Å². The summed E-state index contributed by atoms with van der Waals surface area (Å²) in [5.74, 6) is -0.0899. The first-order chi connectivity index (χ1) is 18.2. The highest BCUT2D eigenvalue weighted by Crippen LogP contribution is 2.33. The van der Waals surface area contributed by atoms with Crippen LogP contribution in [-0.4, -0.2) is 71.3 Å². The standard InChI is InChI=1S/C27H33FN4O4.C2H6/c1-18(31(4)21-7-5-20(28)6-8-21)22-15-19(27(34)29-9-10-30(2)3)16-23-24(33)17-25(36-26(22)23)32-11-13-35-14-12-32;1-2/h5-8,15-18H,9-14H2,1-4H3,(H,29,34);1-2H3. The van der Waals surface area contributed by atoms with E-state index < -0.39 is 0 Å². The predicted molar refractivity (Wildman–Crippen MR) is 151 cm³/mol. The summed E-state index contributed by atoms with van der Waals surface area (Å²) in [7, 11) is 5.76. The summed E-state index contributed by atoms with van der Waals surface area (Å²) in [6.45, 7) is 9.51. The van der Waals surface area contributed by atoms with Crippen molar-refractivity contribution in [3.8, 4) is 0 Å². The number of nitrogens with zero attached hydrogens (tertiary/aromatic N) is 3. The second-order valence-electron chi connectivity index (χ2n) is 9.31. The van der Waals surface area contributed by atoms with Gasteiger partial charge in [0.1, 0.15) is 11.4 Å². The zero-order valence-electron chi connectivity index (χ0n) is 23.2. The van der Waals surface area contributed by atoms with Crippen LogP contribution < -0.4 is 20.5 Å². The third-order valence-electron chi connectivity index (χ3n) is 6.54. The number of hydrogen-bond acceptors (Lipinski definition) is 7. The molecule has 4 rings (SSSR count). The van der Waals surface area contributed by atoms with E-state index in [2.05, 4.69) is 5.32 Å². The average molecular weight is 527 g/mol. The molecule has 1 saturated heterocycles. The molecular weight excluding hydrogens is 487 g/mol. The van der Waals surface area contributed by atoms with Gasteiger partial charge in [0.05, 0.1) is 24.6 Å². The molecule has 38 heavy (non-hydrogen) atoms. The van der Waals surface area contributed by atoms with Crippen molar-refractivity contribution >= 4 is 28.4 Å². The smallest absolute Gasteiger partial charge is 0.251 e. The molecule has 1 aliphatic heterocycles. The van der Waals surface area contributed by atoms with Crippen molar-refractivity contribution in [1.82, 2.24) is 10.2 Å². The number of carbonyl (C=O) groups is 1. The van der Waals surface area contributed by atoms with Gasteiger partial charge in [-0.05, 0) is 57.4 Å². The van der Waals surface area contributed by atoms with E-state index in [-0.39, 0.29) is 23.2 Å². The number of amides is 1. The molecule has 206 valence electrons. The maximum absolute atomic E-state index is 13.5. The van der Waals surface area contributed by atoms with Crippen molar-refractivity contribution in [2.75, 3.05) is 70.3 Å². The molecule has 1 unspecified atom stereocenters. The highest BCUT2D eigenvalue weighted by atomic mass is 19.1. The molecule has 1 aliphatic rings. The molecule has 8 nitrogen and oxygen atoms in total. The molecule has 0 aliphatic carbocycles. The topological polar surface area (TPSA) is 78.3 Å². The number of nitrogens with one attached hydrogen (secondary N) is 1. The van der Waals surface area contributed by atoms with Crippen LogP contribution in [0.25, 0.3) is 11.0 Å². The summed E-state index contributed by atoms with van der Waals surface area (Å²) in [6, 6.07) is 10.8. The maximum Gasteiger partial charge on any atom is 0.251 e. The zero-order valence-corrected chi connectivity index (χ0v) is 23.2. The predicted octanol–water partition coefficient (Wildman–Crippen LogP) is 4.28. The first-order valence-electron chi connectivity index (χ1n) is 13.1. The van der Waals surface area contributed by atoms with Crippen LogP contribution in [0.3, 0.4) is 0 Å². The minimum atomic E-state index is -0.317. The summed E-state index contributed by atoms with van der Waals surface area (Å²) < 4.78 is 25.3. The molecule has 1 atom stereocenters. The van der Waals surface area contributed by atoms with Gasteiger partial charge in [-0.3, -0.25) is 9.59 Å². The number of morpholine rings is 1. The number of hydrogen-bond donors (Lipinski definition) is 1. The fourth-order valence-electron chi connectivity index (χ4n) is 4.26. The van der Waals surface area contributed by atoms with Crippen molar-refractivity contribution in [2.24, 2.45) is 0 Å². The number of benzene rings is 2. The molecule has 2 aromatic carbocycles. The van der Waals surface area contributed by atoms with Gasteiger partial charge in [0.2, 0.25) is 0 Å². The Balaban J connectivity index is 0.00000195. The van der Waals surface area contributed by atoms with Gasteiger partial charge in [-0.1, -0.05) is 13.8 Å². The van der Waals surface area contributed by atoms with Gasteiger partial charge < -0.3 is 29.2 Å². The molecule has 0 saturated carbocycles. The molecule has 9 heteroatoms. The van der Waals surface area contributed by atoms with Gasteiger partial charge in [0.25, 0.3) is 5.91 Å². The molecular formula is C29H39FN4O4. The van der Waals surface area contributed by atoms with E-state index in [1.807, 2.05) is 56.6 Å². The Hall–Kier alpha value is -3.43. The second kappa shape index (κ2) is 13.4. The lowest BCUT2D eigenvalue weighted by Gasteiger charge is -2.29. The molecule has 1 amide bonds. The quantitative estimate of drug-likeness (QED) is 0.469. The Labute approximate surface area is 224 Å². The van der Waals surface area contributed by atoms with Crippen LogP contribution in [0.2, 0.25) is 0 Å². The molecule has 2 heterocycles. The summed E-state index contributed by atoms with van der Waals surface area (Å²) in [4.78, 5) is 32.2. The van der Waals surface area contributed by atoms with Crippen molar-refractivity contribution in [3.05, 3.63) is 69.6 Å². The van der Waals surface area contributed by atoms with Crippen LogP contribution in [0.1, 0.15) is 42.7 Å². The largest absolute Gasteiger partial charge is 0.440 e. The molecule has 1 aromatic heterocycles. The first-order valence-corrected chi connectivity index (χ1v) is 13.1. The molecule has 1 N–H and O–H groups in total. The molecule has 1 fully saturated rings. The molecule has 0 spiro atoms. The Morgan fingerprint density at radius 1 is 1.08 bits per heavy atom. The monoisotopic (exact) mass is 526 g/mol. The number of anilines is 2. The minimum absolute atomic E-state index is 0.210. The first kappa shape index (κ1) is 29.1. The zero-order chi connectivity index (χ0) is 27.8. The lowest BCUT2D eigenvalue weighted by molar-refractivity contribution is 0.0951. The lowest BCUT2D eigenvalue weighted by Crippen LogP contribution is -2.36. The molecule has 3 aromatic rings. The van der Waals surface area contributed by atoms with Gasteiger partial charge in [0.15, 0.2) is 11.3 Å². The highest BCUT2D eigenvalue weighted by Gasteiger charge is 2.23. The Kier molecular flexibility index (Phi) is 10.3. The number of carbonyl (C=O) groups excluding carboxylic acids is 1. The van der Waals surface area contributed by atoms with Gasteiger partial charge in [-0.2, -0.15) is 0 Å². The van der Waals surface area contributed by atoms with Crippen LogP contribution in [-0.2, 0) is 4.74 Å². The number of likely N-dealkylation sites (N-methyl/N-ethyl adjacent to an activating group) is 1. The third kappa shape index (κ3) is 6.90. The summed E-state index contributed by atoms with van der Waals surface area (Å²) in [6.07, 6.45) is 0. The van der Waals surface area contributed by atoms with Crippen molar-refractivity contribution in [1.29, 1.82) is 0 Å². The number of halogens is 1. The lowest BCUT2D eigenvalue weighted by atomic mass is 9.99. The summed E-state index contributed by atoms with van der Waals surface area (Å²) in [5.41, 5.74) is 2.12. The Morgan fingerprint density at radius 2 is 1.74 bits per heavy atom. The van der Waals surface area contributed by atoms with Crippen molar-refractivity contribution in [2.45, 2.75) is 26.8 Å². The number of ether oxygens (including phenoxy) is 1. The van der Waals surface area contributed by atoms with E-state index in [1.54, 1.807) is 24.3 Å². The van der Waals surface area contributed by atoms with Crippen LogP contribution in [0.5, 0.6) is 0 Å². The normalized spacial score (nSPS) is 14.2. The van der Waals surface area contributed by atoms with Gasteiger partial charge in [-0.25, -0.2) is 4.39 Å². The average Bonchev–Trinajstić information content (AvgIpc) is 2.93. The highest BCUT2D eigenvalue weighted by molar-refractivity contribution is 5.99. The van der Waals surface area contributed by atoms with Crippen molar-refractivity contribution < 1.29 is 18.3 Å². The second-order valence-corrected chi connectivity index (χ2v) is 9.31. The Bertz CT molecular complexity index is 1270. The van der Waals surface area contributed by atoms with Crippen LogP contribution in [0.15, 0.2) is 51.7 Å². The van der Waals surface area contributed by atoms with E-state index >= 15 is 0 Å². The van der Waals surface area contributed by atoms with Crippen LogP contribution in [0.4, 0.5) is 16.0 Å². The fourth-order valence-corrected chi connectivity index (χ4v) is 4.26. The number of fused-ring (bicyclic) bond motifs is 1. The molecule has 0 bridgehead atoms. The molecule has 0 radical (unpaired) electrons. The number of rotatable bonds is 8. The fraction of sp³-hybridized carbons (Fsp3) is 0.448. The van der Waals surface area contributed by atoms with E-state index in [4.69, 9.17) is 9.15 Å². The van der Waals surface area contributed by atoms with E-state index in [9.17, 15) is 14.0 Å². The summed E-state index contributed by atoms with van der Waals surface area (Å²) >= 11 is 0. The van der Waals surface area contributed by atoms with E-state index in [1.165, 1.54) is 18.2 Å². The van der Waals surface area contributed by atoms with Gasteiger partial charge in [-0.15, -0.1) is 0 Å². The van der Waals surface area contributed by atoms with E-state index in [0.29, 0.717) is 67.4 Å². The van der Waals surface area contributed by atoms with Crippen molar-refractivity contribution in [3.63, 3.8) is 0 Å². The summed E-state index contributed by atoms with van der Waals surface area (Å²) in [5, 5.41) is 3.27. The van der Waals surface area contributed by atoms with E-state index in [0.717, 1.165) is 5.69 Å². The SMILES string of the molecule is CC.CC(c1cc(C(=O)NCCN(C)C)cc2c(=O)cc(N3CCOCC3)oc12)N(C)c1ccc(F)cc1. The maximum atomic E-state index is 13.5. The van der Waals surface area contributed by atoms with Crippen LogP contribution >= 0.6 is 0 Å².